The second-order valence-corrected chi connectivity index (χ2v) is 6.03. The number of hydrogen-bond acceptors (Lipinski definition) is 3. The van der Waals surface area contributed by atoms with Crippen molar-refractivity contribution in [1.82, 2.24) is 14.5 Å². The highest BCUT2D eigenvalue weighted by atomic mass is 32.2. The first-order valence-corrected chi connectivity index (χ1v) is 6.81. The Morgan fingerprint density at radius 3 is 2.56 bits per heavy atom. The van der Waals surface area contributed by atoms with Crippen LogP contribution in [-0.4, -0.2) is 24.7 Å². The summed E-state index contributed by atoms with van der Waals surface area (Å²) in [5.41, 5.74) is 0.650. The molecule has 0 saturated heterocycles. The average Bonchev–Trinajstić information content (AvgIpc) is 2.47. The van der Waals surface area contributed by atoms with Gasteiger partial charge in [0.25, 0.3) is 0 Å². The molecular weight excluding hydrogens is 226 g/mol. The van der Waals surface area contributed by atoms with Crippen molar-refractivity contribution in [2.75, 3.05) is 6.54 Å². The molecule has 0 aliphatic rings. The molecule has 5 nitrogen and oxygen atoms in total. The maximum Gasteiger partial charge on any atom is 0.243 e. The quantitative estimate of drug-likeness (QED) is 0.843. The predicted molar refractivity (Wildman–Crippen MR) is 62.6 cm³/mol. The first-order valence-electron chi connectivity index (χ1n) is 5.33. The molecule has 0 amide bonds. The molecule has 0 atom stereocenters. The Morgan fingerprint density at radius 2 is 2.12 bits per heavy atom. The van der Waals surface area contributed by atoms with Gasteiger partial charge in [0.15, 0.2) is 0 Å². The summed E-state index contributed by atoms with van der Waals surface area (Å²) in [6, 6.07) is 0. The lowest BCUT2D eigenvalue weighted by atomic mass is 10.1. The summed E-state index contributed by atoms with van der Waals surface area (Å²) in [4.78, 5) is 0.263. The zero-order chi connectivity index (χ0) is 12.3. The molecule has 1 aromatic rings. The van der Waals surface area contributed by atoms with Crippen molar-refractivity contribution in [3.63, 3.8) is 0 Å². The van der Waals surface area contributed by atoms with Gasteiger partial charge in [0.1, 0.15) is 4.90 Å². The maximum atomic E-state index is 11.9. The third-order valence-corrected chi connectivity index (χ3v) is 4.06. The van der Waals surface area contributed by atoms with Crippen molar-refractivity contribution < 1.29 is 8.42 Å². The second-order valence-electron chi connectivity index (χ2n) is 4.30. The van der Waals surface area contributed by atoms with Gasteiger partial charge in [-0.3, -0.25) is 4.68 Å². The summed E-state index contributed by atoms with van der Waals surface area (Å²) in [5.74, 6) is 0.484. The van der Waals surface area contributed by atoms with Gasteiger partial charge in [-0.15, -0.1) is 0 Å². The zero-order valence-electron chi connectivity index (χ0n) is 10.2. The van der Waals surface area contributed by atoms with Gasteiger partial charge in [0, 0.05) is 13.6 Å². The van der Waals surface area contributed by atoms with Crippen molar-refractivity contribution in [2.45, 2.75) is 32.1 Å². The Hall–Kier alpha value is -0.880. The van der Waals surface area contributed by atoms with E-state index in [1.807, 2.05) is 0 Å². The molecule has 1 N–H and O–H groups in total. The molecule has 0 aliphatic heterocycles. The van der Waals surface area contributed by atoms with Crippen LogP contribution in [0.4, 0.5) is 0 Å². The summed E-state index contributed by atoms with van der Waals surface area (Å²) in [6.45, 7) is 6.32. The molecule has 16 heavy (non-hydrogen) atoms. The molecular formula is C10H19N3O2S. The Bertz CT molecular complexity index is 449. The minimum atomic E-state index is -3.40. The molecule has 0 unspecified atom stereocenters. The van der Waals surface area contributed by atoms with Crippen LogP contribution in [0.1, 0.15) is 26.0 Å². The second kappa shape index (κ2) is 4.97. The zero-order valence-corrected chi connectivity index (χ0v) is 11.0. The lowest BCUT2D eigenvalue weighted by molar-refractivity contribution is 0.551. The first-order chi connectivity index (χ1) is 7.34. The molecule has 92 valence electrons. The molecule has 1 rings (SSSR count). The lowest BCUT2D eigenvalue weighted by Gasteiger charge is -2.07. The standard InChI is InChI=1S/C10H19N3O2S/c1-8(2)5-6-12-16(14,15)10-7-11-13(4)9(10)3/h7-8,12H,5-6H2,1-4H3. The van der Waals surface area contributed by atoms with E-state index < -0.39 is 10.0 Å². The van der Waals surface area contributed by atoms with E-state index in [0.717, 1.165) is 6.42 Å². The fourth-order valence-corrected chi connectivity index (χ4v) is 2.55. The largest absolute Gasteiger partial charge is 0.272 e. The summed E-state index contributed by atoms with van der Waals surface area (Å²) >= 11 is 0. The van der Waals surface area contributed by atoms with E-state index >= 15 is 0 Å². The number of sulfonamides is 1. The number of hydrogen-bond donors (Lipinski definition) is 1. The SMILES string of the molecule is Cc1c(S(=O)(=O)NCCC(C)C)cnn1C. The van der Waals surface area contributed by atoms with Crippen molar-refractivity contribution in [2.24, 2.45) is 13.0 Å². The molecule has 0 radical (unpaired) electrons. The van der Waals surface area contributed by atoms with Gasteiger partial charge in [-0.25, -0.2) is 13.1 Å². The maximum absolute atomic E-state index is 11.9. The van der Waals surface area contributed by atoms with E-state index in [0.29, 0.717) is 18.2 Å². The van der Waals surface area contributed by atoms with Crippen LogP contribution in [0.5, 0.6) is 0 Å². The topological polar surface area (TPSA) is 64.0 Å². The van der Waals surface area contributed by atoms with Crippen molar-refractivity contribution in [3.8, 4) is 0 Å². The molecule has 0 fully saturated rings. The highest BCUT2D eigenvalue weighted by Crippen LogP contribution is 2.12. The lowest BCUT2D eigenvalue weighted by Crippen LogP contribution is -2.26. The molecule has 0 bridgehead atoms. The van der Waals surface area contributed by atoms with Gasteiger partial charge >= 0.3 is 0 Å². The molecule has 1 heterocycles. The van der Waals surface area contributed by atoms with Crippen LogP contribution < -0.4 is 4.72 Å². The fourth-order valence-electron chi connectivity index (χ4n) is 1.30. The van der Waals surface area contributed by atoms with Crippen molar-refractivity contribution >= 4 is 10.0 Å². The van der Waals surface area contributed by atoms with Crippen LogP contribution in [0.2, 0.25) is 0 Å². The van der Waals surface area contributed by atoms with Crippen LogP contribution in [0.15, 0.2) is 11.1 Å². The van der Waals surface area contributed by atoms with Crippen LogP contribution in [0.25, 0.3) is 0 Å². The first kappa shape index (κ1) is 13.2. The van der Waals surface area contributed by atoms with E-state index in [2.05, 4.69) is 23.7 Å². The van der Waals surface area contributed by atoms with Crippen LogP contribution in [0.3, 0.4) is 0 Å². The van der Waals surface area contributed by atoms with E-state index in [-0.39, 0.29) is 4.90 Å². The normalized spacial score (nSPS) is 12.3. The molecule has 0 saturated carbocycles. The van der Waals surface area contributed by atoms with Crippen LogP contribution in [0, 0.1) is 12.8 Å². The number of nitrogens with zero attached hydrogens (tertiary/aromatic N) is 2. The Balaban J connectivity index is 2.75. The number of aryl methyl sites for hydroxylation is 1. The summed E-state index contributed by atoms with van der Waals surface area (Å²) < 4.78 is 27.9. The molecule has 6 heteroatoms. The average molecular weight is 245 g/mol. The Kier molecular flexibility index (Phi) is 4.09. The van der Waals surface area contributed by atoms with Crippen LogP contribution >= 0.6 is 0 Å². The predicted octanol–water partition coefficient (Wildman–Crippen LogP) is 1.05. The van der Waals surface area contributed by atoms with Gasteiger partial charge < -0.3 is 0 Å². The molecule has 1 aromatic heterocycles. The molecule has 0 aliphatic carbocycles. The number of rotatable bonds is 5. The highest BCUT2D eigenvalue weighted by Gasteiger charge is 2.19. The Labute approximate surface area is 96.9 Å². The number of nitrogens with one attached hydrogen (secondary N) is 1. The summed E-state index contributed by atoms with van der Waals surface area (Å²) in [5, 5.41) is 3.92. The third-order valence-electron chi connectivity index (χ3n) is 2.49. The van der Waals surface area contributed by atoms with E-state index in [4.69, 9.17) is 0 Å². The molecule has 0 spiro atoms. The van der Waals surface area contributed by atoms with Crippen molar-refractivity contribution in [3.05, 3.63) is 11.9 Å². The summed E-state index contributed by atoms with van der Waals surface area (Å²) in [6.07, 6.45) is 2.21. The van der Waals surface area contributed by atoms with Gasteiger partial charge in [-0.1, -0.05) is 13.8 Å². The number of aromatic nitrogens is 2. The van der Waals surface area contributed by atoms with E-state index in [1.54, 1.807) is 18.7 Å². The minimum Gasteiger partial charge on any atom is -0.272 e. The van der Waals surface area contributed by atoms with Crippen LogP contribution in [-0.2, 0) is 17.1 Å². The van der Waals surface area contributed by atoms with Gasteiger partial charge in [0.2, 0.25) is 10.0 Å². The molecule has 0 aromatic carbocycles. The minimum absolute atomic E-state index is 0.263. The van der Waals surface area contributed by atoms with Gasteiger partial charge in [0.05, 0.1) is 11.9 Å². The van der Waals surface area contributed by atoms with Gasteiger partial charge in [-0.05, 0) is 19.3 Å². The van der Waals surface area contributed by atoms with E-state index in [1.165, 1.54) is 6.20 Å². The van der Waals surface area contributed by atoms with Gasteiger partial charge in [-0.2, -0.15) is 5.10 Å². The third kappa shape index (κ3) is 3.05. The summed E-state index contributed by atoms with van der Waals surface area (Å²) in [7, 11) is -1.67. The monoisotopic (exact) mass is 245 g/mol. The van der Waals surface area contributed by atoms with E-state index in [9.17, 15) is 8.42 Å². The highest BCUT2D eigenvalue weighted by molar-refractivity contribution is 7.89. The smallest absolute Gasteiger partial charge is 0.243 e. The Morgan fingerprint density at radius 1 is 1.50 bits per heavy atom. The fraction of sp³-hybridized carbons (Fsp3) is 0.700. The van der Waals surface area contributed by atoms with Crippen molar-refractivity contribution in [1.29, 1.82) is 0 Å².